The quantitative estimate of drug-likeness (QED) is 0.409. The maximum absolute atomic E-state index is 12.9. The van der Waals surface area contributed by atoms with Crippen LogP contribution in [0.15, 0.2) is 53.5 Å². The molecule has 0 saturated heterocycles. The number of nitrogens with zero attached hydrogens (tertiary/aromatic N) is 1. The Morgan fingerprint density at radius 3 is 2.65 bits per heavy atom. The van der Waals surface area contributed by atoms with Gasteiger partial charge in [-0.15, -0.1) is 0 Å². The molecule has 0 saturated carbocycles. The molecule has 0 spiro atoms. The molecule has 0 unspecified atom stereocenters. The molecule has 0 aliphatic rings. The average molecular weight is 359 g/mol. The predicted molar refractivity (Wildman–Crippen MR) is 104 cm³/mol. The number of hydrogen-bond donors (Lipinski definition) is 2. The van der Waals surface area contributed by atoms with Crippen molar-refractivity contribution in [2.45, 2.75) is 12.8 Å². The fourth-order valence-corrected chi connectivity index (χ4v) is 2.35. The van der Waals surface area contributed by atoms with Crippen molar-refractivity contribution in [1.29, 1.82) is 0 Å². The molecule has 0 amide bonds. The van der Waals surface area contributed by atoms with E-state index in [-0.39, 0.29) is 5.82 Å². The summed E-state index contributed by atoms with van der Waals surface area (Å²) in [5.74, 6) is 1.25. The van der Waals surface area contributed by atoms with Gasteiger partial charge in [0.2, 0.25) is 0 Å². The number of hydrogen-bond acceptors (Lipinski definition) is 3. The lowest BCUT2D eigenvalue weighted by Gasteiger charge is -2.13. The third-order valence-corrected chi connectivity index (χ3v) is 3.70. The summed E-state index contributed by atoms with van der Waals surface area (Å²) in [7, 11) is 3.40. The van der Waals surface area contributed by atoms with Crippen molar-refractivity contribution >= 4 is 11.6 Å². The molecular formula is C20H26FN3O2. The van der Waals surface area contributed by atoms with E-state index in [1.165, 1.54) is 12.1 Å². The third kappa shape index (κ3) is 7.11. The lowest BCUT2D eigenvalue weighted by atomic mass is 10.1. The van der Waals surface area contributed by atoms with Crippen LogP contribution in [0.2, 0.25) is 0 Å². The normalized spacial score (nSPS) is 11.3. The number of methoxy groups -OCH3 is 1. The smallest absolute Gasteiger partial charge is 0.195 e. The van der Waals surface area contributed by atoms with Crippen LogP contribution in [-0.4, -0.2) is 39.9 Å². The molecule has 0 aliphatic heterocycles. The van der Waals surface area contributed by atoms with Crippen LogP contribution in [0.4, 0.5) is 10.1 Å². The monoisotopic (exact) mass is 359 g/mol. The number of guanidine groups is 1. The molecule has 0 aromatic heterocycles. The van der Waals surface area contributed by atoms with Crippen LogP contribution < -0.4 is 15.4 Å². The zero-order valence-electron chi connectivity index (χ0n) is 15.3. The van der Waals surface area contributed by atoms with E-state index in [4.69, 9.17) is 9.47 Å². The molecule has 2 aromatic rings. The molecule has 0 aliphatic carbocycles. The average Bonchev–Trinajstić information content (AvgIpc) is 2.66. The van der Waals surface area contributed by atoms with Crippen LogP contribution in [0, 0.1) is 5.82 Å². The molecule has 6 heteroatoms. The van der Waals surface area contributed by atoms with Gasteiger partial charge in [0.05, 0.1) is 6.61 Å². The highest BCUT2D eigenvalue weighted by molar-refractivity contribution is 5.93. The first-order valence-corrected chi connectivity index (χ1v) is 8.65. The topological polar surface area (TPSA) is 54.9 Å². The molecular weight excluding hydrogens is 333 g/mol. The van der Waals surface area contributed by atoms with Crippen LogP contribution in [0.25, 0.3) is 0 Å². The molecule has 5 nitrogen and oxygen atoms in total. The molecule has 0 bridgehead atoms. The van der Waals surface area contributed by atoms with Crippen LogP contribution in [-0.2, 0) is 11.2 Å². The van der Waals surface area contributed by atoms with Gasteiger partial charge in [-0.3, -0.25) is 4.99 Å². The van der Waals surface area contributed by atoms with E-state index in [1.54, 1.807) is 26.3 Å². The van der Waals surface area contributed by atoms with Crippen LogP contribution in [0.3, 0.4) is 0 Å². The number of aliphatic imine (C=N–C) groups is 1. The van der Waals surface area contributed by atoms with Gasteiger partial charge >= 0.3 is 0 Å². The van der Waals surface area contributed by atoms with E-state index in [9.17, 15) is 4.39 Å². The van der Waals surface area contributed by atoms with E-state index in [1.807, 2.05) is 24.3 Å². The van der Waals surface area contributed by atoms with Gasteiger partial charge in [-0.2, -0.15) is 0 Å². The summed E-state index contributed by atoms with van der Waals surface area (Å²) < 4.78 is 23.6. The third-order valence-electron chi connectivity index (χ3n) is 3.70. The van der Waals surface area contributed by atoms with Gasteiger partial charge in [-0.05, 0) is 36.2 Å². The van der Waals surface area contributed by atoms with Crippen molar-refractivity contribution in [1.82, 2.24) is 5.32 Å². The van der Waals surface area contributed by atoms with Crippen molar-refractivity contribution < 1.29 is 13.9 Å². The molecule has 0 heterocycles. The SMILES string of the molecule is CN=C(NCCc1ccc(F)cc1)Nc1cccc(OCCCOC)c1. The van der Waals surface area contributed by atoms with Crippen molar-refractivity contribution in [2.75, 3.05) is 39.2 Å². The van der Waals surface area contributed by atoms with E-state index in [0.717, 1.165) is 29.8 Å². The van der Waals surface area contributed by atoms with E-state index in [0.29, 0.717) is 25.7 Å². The van der Waals surface area contributed by atoms with E-state index < -0.39 is 0 Å². The zero-order valence-corrected chi connectivity index (χ0v) is 15.3. The number of halogens is 1. The Morgan fingerprint density at radius 2 is 1.92 bits per heavy atom. The molecule has 0 atom stereocenters. The summed E-state index contributed by atoms with van der Waals surface area (Å²) in [5.41, 5.74) is 1.96. The van der Waals surface area contributed by atoms with Crippen molar-refractivity contribution in [2.24, 2.45) is 4.99 Å². The second-order valence-electron chi connectivity index (χ2n) is 5.72. The van der Waals surface area contributed by atoms with Gasteiger partial charge in [0.25, 0.3) is 0 Å². The lowest BCUT2D eigenvalue weighted by Crippen LogP contribution is -2.32. The van der Waals surface area contributed by atoms with Crippen molar-refractivity contribution in [3.05, 3.63) is 59.9 Å². The molecule has 26 heavy (non-hydrogen) atoms. The van der Waals surface area contributed by atoms with Gasteiger partial charge in [-0.1, -0.05) is 18.2 Å². The molecule has 0 radical (unpaired) electrons. The minimum atomic E-state index is -0.219. The lowest BCUT2D eigenvalue weighted by molar-refractivity contribution is 0.172. The van der Waals surface area contributed by atoms with E-state index >= 15 is 0 Å². The maximum atomic E-state index is 12.9. The van der Waals surface area contributed by atoms with Gasteiger partial charge in [-0.25, -0.2) is 4.39 Å². The highest BCUT2D eigenvalue weighted by Gasteiger charge is 2.02. The first-order valence-electron chi connectivity index (χ1n) is 8.65. The molecule has 0 fully saturated rings. The molecule has 2 rings (SSSR count). The predicted octanol–water partition coefficient (Wildman–Crippen LogP) is 3.47. The van der Waals surface area contributed by atoms with Crippen LogP contribution in [0.5, 0.6) is 5.75 Å². The van der Waals surface area contributed by atoms with Gasteiger partial charge in [0.15, 0.2) is 5.96 Å². The summed E-state index contributed by atoms with van der Waals surface area (Å²) in [6.07, 6.45) is 1.63. The Hall–Kier alpha value is -2.60. The van der Waals surface area contributed by atoms with Crippen LogP contribution >= 0.6 is 0 Å². The Balaban J connectivity index is 1.80. The standard InChI is InChI=1S/C20H26FN3O2/c1-22-20(23-12-11-16-7-9-17(21)10-8-16)24-18-5-3-6-19(15-18)26-14-4-13-25-2/h3,5-10,15H,4,11-14H2,1-2H3,(H2,22,23,24). The largest absolute Gasteiger partial charge is 0.493 e. The number of ether oxygens (including phenoxy) is 2. The van der Waals surface area contributed by atoms with Crippen LogP contribution in [0.1, 0.15) is 12.0 Å². The second kappa shape index (κ2) is 11.1. The van der Waals surface area contributed by atoms with Gasteiger partial charge < -0.3 is 20.1 Å². The molecule has 140 valence electrons. The van der Waals surface area contributed by atoms with Crippen molar-refractivity contribution in [3.63, 3.8) is 0 Å². The maximum Gasteiger partial charge on any atom is 0.195 e. The summed E-state index contributed by atoms with van der Waals surface area (Å²) in [5, 5.41) is 6.49. The molecule has 2 N–H and O–H groups in total. The zero-order chi connectivity index (χ0) is 18.6. The first kappa shape index (κ1) is 19.7. The van der Waals surface area contributed by atoms with Gasteiger partial charge in [0, 0.05) is 45.5 Å². The van der Waals surface area contributed by atoms with Gasteiger partial charge in [0.1, 0.15) is 11.6 Å². The highest BCUT2D eigenvalue weighted by Crippen LogP contribution is 2.17. The Morgan fingerprint density at radius 1 is 1.12 bits per heavy atom. The summed E-state index contributed by atoms with van der Waals surface area (Å²) in [6, 6.07) is 14.3. The highest BCUT2D eigenvalue weighted by atomic mass is 19.1. The summed E-state index contributed by atoms with van der Waals surface area (Å²) in [4.78, 5) is 4.22. The number of benzene rings is 2. The Labute approximate surface area is 154 Å². The number of rotatable bonds is 9. The summed E-state index contributed by atoms with van der Waals surface area (Å²) in [6.45, 7) is 1.99. The van der Waals surface area contributed by atoms with E-state index in [2.05, 4.69) is 15.6 Å². The van der Waals surface area contributed by atoms with Crippen molar-refractivity contribution in [3.8, 4) is 5.75 Å². The Kier molecular flexibility index (Phi) is 8.42. The molecule has 2 aromatic carbocycles. The number of anilines is 1. The minimum absolute atomic E-state index is 0.219. The fraction of sp³-hybridized carbons (Fsp3) is 0.350. The minimum Gasteiger partial charge on any atom is -0.493 e. The summed E-state index contributed by atoms with van der Waals surface area (Å²) >= 11 is 0. The second-order valence-corrected chi connectivity index (χ2v) is 5.72. The fourth-order valence-electron chi connectivity index (χ4n) is 2.35. The number of nitrogens with one attached hydrogen (secondary N) is 2. The Bertz CT molecular complexity index is 690. The first-order chi connectivity index (χ1) is 12.7.